The summed E-state index contributed by atoms with van der Waals surface area (Å²) in [6, 6.07) is 8.93. The van der Waals surface area contributed by atoms with Gasteiger partial charge in [-0.3, -0.25) is 4.98 Å². The Morgan fingerprint density at radius 1 is 0.975 bits per heavy atom. The summed E-state index contributed by atoms with van der Waals surface area (Å²) in [6.45, 7) is 3.27. The van der Waals surface area contributed by atoms with Crippen molar-refractivity contribution in [3.8, 4) is 23.3 Å². The van der Waals surface area contributed by atoms with E-state index >= 15 is 0 Å². The number of fused-ring (bicyclic) bond motifs is 1. The molecule has 0 amide bonds. The van der Waals surface area contributed by atoms with E-state index in [0.29, 0.717) is 87.9 Å². The highest BCUT2D eigenvalue weighted by molar-refractivity contribution is 6.37. The van der Waals surface area contributed by atoms with Crippen LogP contribution in [0.1, 0.15) is 18.4 Å². The highest BCUT2D eigenvalue weighted by Gasteiger charge is 2.31. The van der Waals surface area contributed by atoms with E-state index in [0.717, 1.165) is 19.4 Å². The molecule has 0 aliphatic carbocycles. The van der Waals surface area contributed by atoms with Crippen molar-refractivity contribution >= 4 is 45.5 Å². The Morgan fingerprint density at radius 3 is 2.35 bits per heavy atom. The zero-order chi connectivity index (χ0) is 28.9. The average Bonchev–Trinajstić information content (AvgIpc) is 2.93. The van der Waals surface area contributed by atoms with E-state index in [1.54, 1.807) is 31.4 Å². The maximum Gasteiger partial charge on any atom is 0.345 e. The van der Waals surface area contributed by atoms with Gasteiger partial charge in [-0.1, -0.05) is 23.2 Å². The van der Waals surface area contributed by atoms with Gasteiger partial charge in [0.2, 0.25) is 0 Å². The van der Waals surface area contributed by atoms with E-state index in [1.807, 2.05) is 0 Å². The molecule has 1 aromatic heterocycles. The number of pyridine rings is 1. The SMILES string of the molecule is COc1cc(Nc2c(C#N)cnc3cc(OCCCCN4CCN(C(O)(O)O)CC4)c(OC)cc23)c(Cl)cc1Cl. The van der Waals surface area contributed by atoms with Crippen molar-refractivity contribution in [1.29, 1.82) is 5.26 Å². The highest BCUT2D eigenvalue weighted by Crippen LogP contribution is 2.40. The van der Waals surface area contributed by atoms with Crippen LogP contribution in [-0.2, 0) is 0 Å². The van der Waals surface area contributed by atoms with Gasteiger partial charge in [0, 0.05) is 49.9 Å². The molecule has 4 rings (SSSR count). The molecule has 0 spiro atoms. The molecule has 2 heterocycles. The Bertz CT molecular complexity index is 1390. The summed E-state index contributed by atoms with van der Waals surface area (Å²) in [7, 11) is 3.05. The lowest BCUT2D eigenvalue weighted by Crippen LogP contribution is -2.57. The molecule has 0 bridgehead atoms. The summed E-state index contributed by atoms with van der Waals surface area (Å²) in [5.41, 5.74) is 1.93. The zero-order valence-electron chi connectivity index (χ0n) is 22.2. The van der Waals surface area contributed by atoms with Crippen molar-refractivity contribution in [2.24, 2.45) is 0 Å². The molecule has 1 aliphatic rings. The first kappa shape index (κ1) is 29.9. The predicted molar refractivity (Wildman–Crippen MR) is 151 cm³/mol. The largest absolute Gasteiger partial charge is 0.495 e. The molecule has 0 unspecified atom stereocenters. The first-order valence-electron chi connectivity index (χ1n) is 12.6. The van der Waals surface area contributed by atoms with Crippen LogP contribution in [-0.4, -0.2) is 89.8 Å². The van der Waals surface area contributed by atoms with E-state index in [1.165, 1.54) is 18.2 Å². The van der Waals surface area contributed by atoms with E-state index < -0.39 is 6.10 Å². The number of hydrogen-bond acceptors (Lipinski definition) is 11. The minimum absolute atomic E-state index is 0.316. The summed E-state index contributed by atoms with van der Waals surface area (Å²) in [5.74, 6) is 1.45. The summed E-state index contributed by atoms with van der Waals surface area (Å²) < 4.78 is 16.9. The van der Waals surface area contributed by atoms with E-state index in [2.05, 4.69) is 21.3 Å². The Kier molecular flexibility index (Phi) is 9.76. The normalized spacial score (nSPS) is 14.7. The number of aliphatic hydroxyl groups is 3. The van der Waals surface area contributed by atoms with Crippen molar-refractivity contribution in [1.82, 2.24) is 14.8 Å². The standard InChI is InChI=1S/C27H31Cl2N5O6/c1-38-23-14-22(19(28)12-20(23)29)32-26-17(15-30)16-31-21-13-25(24(39-2)11-18(21)26)40-10-4-3-5-33-6-8-34(9-7-33)27(35,36)37/h11-14,16,35-37H,3-10H2,1-2H3,(H,31,32). The van der Waals surface area contributed by atoms with Crippen LogP contribution in [0.25, 0.3) is 10.9 Å². The third-order valence-corrected chi connectivity index (χ3v) is 7.31. The quantitative estimate of drug-likeness (QED) is 0.192. The lowest BCUT2D eigenvalue weighted by Gasteiger charge is -2.38. The van der Waals surface area contributed by atoms with Crippen molar-refractivity contribution < 1.29 is 29.5 Å². The number of ether oxygens (including phenoxy) is 3. The molecule has 13 heteroatoms. The molecule has 0 atom stereocenters. The molecular formula is C27H31Cl2N5O6. The van der Waals surface area contributed by atoms with Crippen molar-refractivity contribution in [3.05, 3.63) is 46.1 Å². The molecule has 0 radical (unpaired) electrons. The second-order valence-electron chi connectivity index (χ2n) is 9.25. The first-order valence-corrected chi connectivity index (χ1v) is 13.4. The summed E-state index contributed by atoms with van der Waals surface area (Å²) in [6.07, 6.45) is 0.380. The van der Waals surface area contributed by atoms with Crippen LogP contribution in [0.2, 0.25) is 10.0 Å². The van der Waals surface area contributed by atoms with Crippen LogP contribution in [0.15, 0.2) is 30.5 Å². The fraction of sp³-hybridized carbons (Fsp3) is 0.407. The minimum Gasteiger partial charge on any atom is -0.495 e. The van der Waals surface area contributed by atoms with E-state index in [-0.39, 0.29) is 0 Å². The molecule has 11 nitrogen and oxygen atoms in total. The third kappa shape index (κ3) is 6.97. The molecule has 40 heavy (non-hydrogen) atoms. The predicted octanol–water partition coefficient (Wildman–Crippen LogP) is 3.54. The Morgan fingerprint density at radius 2 is 1.70 bits per heavy atom. The number of methoxy groups -OCH3 is 2. The Hall–Kier alpha value is -3.08. The molecule has 1 aliphatic heterocycles. The van der Waals surface area contributed by atoms with Gasteiger partial charge >= 0.3 is 6.10 Å². The number of rotatable bonds is 11. The zero-order valence-corrected chi connectivity index (χ0v) is 23.7. The monoisotopic (exact) mass is 591 g/mol. The fourth-order valence-electron chi connectivity index (χ4n) is 4.50. The molecule has 4 N–H and O–H groups in total. The van der Waals surface area contributed by atoms with Crippen LogP contribution in [0.5, 0.6) is 17.2 Å². The number of unbranched alkanes of at least 4 members (excludes halogenated alkanes) is 1. The van der Waals surface area contributed by atoms with Crippen LogP contribution in [0.3, 0.4) is 0 Å². The molecular weight excluding hydrogens is 561 g/mol. The second kappa shape index (κ2) is 13.1. The molecule has 1 saturated heterocycles. The number of nitrogens with one attached hydrogen (secondary N) is 1. The number of hydrogen-bond donors (Lipinski definition) is 4. The smallest absolute Gasteiger partial charge is 0.345 e. The van der Waals surface area contributed by atoms with Gasteiger partial charge in [-0.25, -0.2) is 4.90 Å². The molecule has 1 fully saturated rings. The van der Waals surface area contributed by atoms with Crippen molar-refractivity contribution in [2.75, 3.05) is 58.9 Å². The molecule has 2 aromatic carbocycles. The van der Waals surface area contributed by atoms with Gasteiger partial charge in [0.15, 0.2) is 11.5 Å². The number of benzene rings is 2. The topological polar surface area (TPSA) is 144 Å². The number of aromatic nitrogens is 1. The van der Waals surface area contributed by atoms with Gasteiger partial charge in [-0.05, 0) is 31.5 Å². The first-order chi connectivity index (χ1) is 19.1. The van der Waals surface area contributed by atoms with Gasteiger partial charge in [0.1, 0.15) is 11.8 Å². The lowest BCUT2D eigenvalue weighted by molar-refractivity contribution is -0.396. The van der Waals surface area contributed by atoms with Crippen LogP contribution >= 0.6 is 23.2 Å². The second-order valence-corrected chi connectivity index (χ2v) is 10.1. The van der Waals surface area contributed by atoms with Gasteiger partial charge < -0.3 is 39.7 Å². The maximum atomic E-state index is 9.76. The summed E-state index contributed by atoms with van der Waals surface area (Å²) in [5, 5.41) is 42.2. The summed E-state index contributed by atoms with van der Waals surface area (Å²) >= 11 is 12.6. The van der Waals surface area contributed by atoms with E-state index in [4.69, 9.17) is 37.4 Å². The van der Waals surface area contributed by atoms with Gasteiger partial charge in [-0.2, -0.15) is 5.26 Å². The Balaban J connectivity index is 1.44. The number of nitriles is 1. The molecule has 3 aromatic rings. The number of halogens is 2. The number of anilines is 2. The van der Waals surface area contributed by atoms with Crippen molar-refractivity contribution in [3.63, 3.8) is 0 Å². The molecule has 0 saturated carbocycles. The van der Waals surface area contributed by atoms with Crippen LogP contribution in [0, 0.1) is 11.3 Å². The highest BCUT2D eigenvalue weighted by atomic mass is 35.5. The molecule has 214 valence electrons. The fourth-order valence-corrected chi connectivity index (χ4v) is 5.01. The number of nitrogens with zero attached hydrogens (tertiary/aromatic N) is 4. The number of piperazine rings is 1. The lowest BCUT2D eigenvalue weighted by atomic mass is 10.1. The maximum absolute atomic E-state index is 9.76. The van der Waals surface area contributed by atoms with Crippen molar-refractivity contribution in [2.45, 2.75) is 18.9 Å². The summed E-state index contributed by atoms with van der Waals surface area (Å²) in [4.78, 5) is 7.87. The van der Waals surface area contributed by atoms with Crippen LogP contribution in [0.4, 0.5) is 11.4 Å². The van der Waals surface area contributed by atoms with Crippen LogP contribution < -0.4 is 19.5 Å². The van der Waals surface area contributed by atoms with E-state index in [9.17, 15) is 20.6 Å². The van der Waals surface area contributed by atoms with Gasteiger partial charge in [0.25, 0.3) is 0 Å². The van der Waals surface area contributed by atoms with Gasteiger partial charge in [0.05, 0.1) is 53.3 Å². The Labute approximate surface area is 242 Å². The third-order valence-electron chi connectivity index (χ3n) is 6.70. The average molecular weight is 592 g/mol. The van der Waals surface area contributed by atoms with Gasteiger partial charge in [-0.15, -0.1) is 0 Å². The minimum atomic E-state index is -2.77.